The summed E-state index contributed by atoms with van der Waals surface area (Å²) in [7, 11) is 0. The highest BCUT2D eigenvalue weighted by Crippen LogP contribution is 2.31. The van der Waals surface area contributed by atoms with Gasteiger partial charge in [-0.1, -0.05) is 46.1 Å². The number of likely N-dealkylation sites (tertiary alicyclic amines) is 1. The molecule has 1 aliphatic carbocycles. The molecule has 2 aliphatic rings. The summed E-state index contributed by atoms with van der Waals surface area (Å²) in [6, 6.07) is 4.18. The van der Waals surface area contributed by atoms with Crippen molar-refractivity contribution in [3.8, 4) is 0 Å². The number of hydrogen-bond donors (Lipinski definition) is 4. The second-order valence-electron chi connectivity index (χ2n) is 13.6. The molecule has 1 aliphatic heterocycles. The summed E-state index contributed by atoms with van der Waals surface area (Å²) in [5.41, 5.74) is -0.0483. The van der Waals surface area contributed by atoms with Gasteiger partial charge in [-0.3, -0.25) is 23.9 Å². The summed E-state index contributed by atoms with van der Waals surface area (Å²) < 4.78 is 17.3. The zero-order valence-electron chi connectivity index (χ0n) is 28.4. The third-order valence-corrected chi connectivity index (χ3v) is 9.92. The van der Waals surface area contributed by atoms with E-state index in [1.807, 2.05) is 6.92 Å². The molecule has 4 rings (SSSR count). The van der Waals surface area contributed by atoms with E-state index in [0.29, 0.717) is 49.7 Å². The number of anilines is 1. The lowest BCUT2D eigenvalue weighted by Gasteiger charge is -2.38. The molecule has 47 heavy (non-hydrogen) atoms. The molecule has 0 radical (unpaired) electrons. The van der Waals surface area contributed by atoms with Gasteiger partial charge in [0, 0.05) is 38.2 Å². The van der Waals surface area contributed by atoms with Crippen molar-refractivity contribution < 1.29 is 28.7 Å². The lowest BCUT2D eigenvalue weighted by Crippen LogP contribution is -2.54. The van der Waals surface area contributed by atoms with Gasteiger partial charge in [0.15, 0.2) is 0 Å². The van der Waals surface area contributed by atoms with E-state index in [-0.39, 0.29) is 29.8 Å². The molecule has 0 spiro atoms. The number of hydrogen-bond acceptors (Lipinski definition) is 6. The minimum atomic E-state index is -0.931. The van der Waals surface area contributed by atoms with E-state index in [1.165, 1.54) is 12.1 Å². The van der Waals surface area contributed by atoms with Gasteiger partial charge in [0.1, 0.15) is 23.6 Å². The van der Waals surface area contributed by atoms with Crippen molar-refractivity contribution in [3.63, 3.8) is 0 Å². The van der Waals surface area contributed by atoms with Gasteiger partial charge in [0.05, 0.1) is 11.3 Å². The average Bonchev–Trinajstić information content (AvgIpc) is 3.43. The number of aromatic nitrogens is 2. The lowest BCUT2D eigenvalue weighted by atomic mass is 9.89. The lowest BCUT2D eigenvalue weighted by molar-refractivity contribution is -0.140. The summed E-state index contributed by atoms with van der Waals surface area (Å²) in [5, 5.41) is 23.0. The first-order valence-electron chi connectivity index (χ1n) is 17.1. The fourth-order valence-corrected chi connectivity index (χ4v) is 6.64. The van der Waals surface area contributed by atoms with E-state index in [9.17, 15) is 24.3 Å². The van der Waals surface area contributed by atoms with Crippen molar-refractivity contribution in [3.05, 3.63) is 47.5 Å². The van der Waals surface area contributed by atoms with E-state index in [4.69, 9.17) is 0 Å². The van der Waals surface area contributed by atoms with Gasteiger partial charge in [-0.15, -0.1) is 0 Å². The summed E-state index contributed by atoms with van der Waals surface area (Å²) >= 11 is 0. The Balaban J connectivity index is 1.53. The molecule has 4 N–H and O–H groups in total. The monoisotopic (exact) mass is 654 g/mol. The van der Waals surface area contributed by atoms with Crippen LogP contribution in [-0.2, 0) is 20.9 Å². The molecule has 0 unspecified atom stereocenters. The number of carbonyl (C=O) groups excluding carboxylic acids is 4. The van der Waals surface area contributed by atoms with E-state index in [0.717, 1.165) is 32.1 Å². The Kier molecular flexibility index (Phi) is 12.2. The van der Waals surface area contributed by atoms with Crippen molar-refractivity contribution in [1.82, 2.24) is 25.3 Å². The standard InChI is InChI=1S/C35H51FN6O5/c1-6-29(43)39-30(34(46)41-19-16-35(5,47)17-20-41)23(4)25-13-14-27(26(36)21-25)38-33(45)31(24-10-8-9-22(3)11-12-24)40-32(44)28-15-18-37-42(28)7-2/h13-15,18,21-24,30-31,47H,6-12,16-17,19-20H2,1-5H3,(H,38,45)(H,39,43)(H,40,44)/t22-,23-,24-,30+,31-/m0/s1. The Morgan fingerprint density at radius 1 is 1.06 bits per heavy atom. The number of aliphatic hydroxyl groups is 1. The maximum absolute atomic E-state index is 15.7. The molecule has 0 bridgehead atoms. The normalized spacial score (nSPS) is 21.6. The van der Waals surface area contributed by atoms with Gasteiger partial charge in [0.2, 0.25) is 17.7 Å². The maximum atomic E-state index is 15.7. The largest absolute Gasteiger partial charge is 0.390 e. The molecule has 1 aromatic heterocycles. The number of aryl methyl sites for hydroxylation is 1. The molecule has 11 nitrogen and oxygen atoms in total. The summed E-state index contributed by atoms with van der Waals surface area (Å²) in [4.78, 5) is 54.7. The van der Waals surface area contributed by atoms with Gasteiger partial charge in [-0.05, 0) is 75.1 Å². The van der Waals surface area contributed by atoms with Crippen LogP contribution >= 0.6 is 0 Å². The molecular weight excluding hydrogens is 603 g/mol. The van der Waals surface area contributed by atoms with Crippen molar-refractivity contribution in [2.24, 2.45) is 11.8 Å². The quantitative estimate of drug-likeness (QED) is 0.265. The van der Waals surface area contributed by atoms with Gasteiger partial charge >= 0.3 is 0 Å². The molecule has 1 saturated heterocycles. The van der Waals surface area contributed by atoms with Crippen LogP contribution in [0.2, 0.25) is 0 Å². The number of amides is 4. The third kappa shape index (κ3) is 9.18. The SMILES string of the molecule is CCC(=O)N[C@@H](C(=O)N1CCC(C)(O)CC1)[C@@H](C)c1ccc(NC(=O)[C@@H](NC(=O)c2ccnn2CC)[C@H]2CCC[C@H](C)CC2)c(F)c1. The molecule has 258 valence electrons. The number of nitrogens with zero attached hydrogens (tertiary/aromatic N) is 3. The Hall–Kier alpha value is -3.80. The minimum absolute atomic E-state index is 0.0375. The first-order valence-corrected chi connectivity index (χ1v) is 17.1. The minimum Gasteiger partial charge on any atom is -0.390 e. The van der Waals surface area contributed by atoms with Crippen molar-refractivity contribution >= 4 is 29.3 Å². The van der Waals surface area contributed by atoms with Crippen LogP contribution in [0, 0.1) is 17.7 Å². The maximum Gasteiger partial charge on any atom is 0.270 e. The van der Waals surface area contributed by atoms with Crippen LogP contribution in [0.15, 0.2) is 30.5 Å². The van der Waals surface area contributed by atoms with Crippen LogP contribution in [0.4, 0.5) is 10.1 Å². The highest BCUT2D eigenvalue weighted by molar-refractivity contribution is 6.00. The highest BCUT2D eigenvalue weighted by atomic mass is 19.1. The fourth-order valence-electron chi connectivity index (χ4n) is 6.64. The van der Waals surface area contributed by atoms with Crippen LogP contribution in [-0.4, -0.2) is 74.2 Å². The fraction of sp³-hybridized carbons (Fsp3) is 0.629. The van der Waals surface area contributed by atoms with E-state index >= 15 is 4.39 Å². The van der Waals surface area contributed by atoms with Crippen LogP contribution in [0.1, 0.15) is 108 Å². The molecule has 1 aromatic carbocycles. The molecule has 2 heterocycles. The Morgan fingerprint density at radius 2 is 1.79 bits per heavy atom. The van der Waals surface area contributed by atoms with Crippen LogP contribution in [0.3, 0.4) is 0 Å². The van der Waals surface area contributed by atoms with Crippen molar-refractivity contribution in [2.45, 2.75) is 116 Å². The number of nitrogens with one attached hydrogen (secondary N) is 3. The van der Waals surface area contributed by atoms with E-state index in [1.54, 1.807) is 48.7 Å². The molecule has 2 aromatic rings. The topological polar surface area (TPSA) is 146 Å². The van der Waals surface area contributed by atoms with Gasteiger partial charge in [-0.25, -0.2) is 4.39 Å². The number of halogens is 1. The summed E-state index contributed by atoms with van der Waals surface area (Å²) in [6.07, 6.45) is 7.03. The Morgan fingerprint density at radius 3 is 2.45 bits per heavy atom. The highest BCUT2D eigenvalue weighted by Gasteiger charge is 2.37. The summed E-state index contributed by atoms with van der Waals surface area (Å²) in [5.74, 6) is -2.35. The first-order chi connectivity index (χ1) is 22.3. The number of carbonyl (C=O) groups is 4. The Bertz CT molecular complexity index is 1420. The van der Waals surface area contributed by atoms with Gasteiger partial charge < -0.3 is 26.0 Å². The molecular formula is C35H51FN6O5. The van der Waals surface area contributed by atoms with Crippen LogP contribution < -0.4 is 16.0 Å². The number of benzene rings is 1. The molecule has 12 heteroatoms. The molecule has 5 atom stereocenters. The zero-order valence-corrected chi connectivity index (χ0v) is 28.4. The van der Waals surface area contributed by atoms with Crippen LogP contribution in [0.25, 0.3) is 0 Å². The third-order valence-electron chi connectivity index (χ3n) is 9.92. The zero-order chi connectivity index (χ0) is 34.3. The Labute approximate surface area is 277 Å². The van der Waals surface area contributed by atoms with Crippen LogP contribution in [0.5, 0.6) is 0 Å². The predicted molar refractivity (Wildman–Crippen MR) is 177 cm³/mol. The molecule has 1 saturated carbocycles. The average molecular weight is 655 g/mol. The van der Waals surface area contributed by atoms with Gasteiger partial charge in [-0.2, -0.15) is 5.10 Å². The summed E-state index contributed by atoms with van der Waals surface area (Å²) in [6.45, 7) is 10.5. The van der Waals surface area contributed by atoms with E-state index < -0.39 is 41.2 Å². The van der Waals surface area contributed by atoms with E-state index in [2.05, 4.69) is 28.0 Å². The number of piperidine rings is 1. The predicted octanol–water partition coefficient (Wildman–Crippen LogP) is 4.37. The number of rotatable bonds is 11. The molecule has 2 fully saturated rings. The van der Waals surface area contributed by atoms with Gasteiger partial charge in [0.25, 0.3) is 5.91 Å². The molecule has 4 amide bonds. The van der Waals surface area contributed by atoms with Crippen molar-refractivity contribution in [1.29, 1.82) is 0 Å². The second kappa shape index (κ2) is 15.9. The van der Waals surface area contributed by atoms with Crippen molar-refractivity contribution in [2.75, 3.05) is 18.4 Å². The first kappa shape index (κ1) is 36.0. The second-order valence-corrected chi connectivity index (χ2v) is 13.6. The smallest absolute Gasteiger partial charge is 0.270 e.